The van der Waals surface area contributed by atoms with E-state index in [9.17, 15) is 14.4 Å². The molecule has 0 fully saturated rings. The monoisotopic (exact) mass is 446 g/mol. The van der Waals surface area contributed by atoms with Gasteiger partial charge in [0, 0.05) is 5.02 Å². The molecule has 0 aliphatic rings. The number of aromatic nitrogens is 2. The summed E-state index contributed by atoms with van der Waals surface area (Å²) in [7, 11) is 2.58. The highest BCUT2D eigenvalue weighted by Gasteiger charge is 2.21. The minimum absolute atomic E-state index is 0.177. The average Bonchev–Trinajstić information content (AvgIpc) is 2.75. The van der Waals surface area contributed by atoms with Crippen LogP contribution in [0.2, 0.25) is 5.02 Å². The van der Waals surface area contributed by atoms with Crippen LogP contribution in [0.3, 0.4) is 0 Å². The third kappa shape index (κ3) is 4.49. The van der Waals surface area contributed by atoms with Gasteiger partial charge in [0.15, 0.2) is 5.16 Å². The van der Waals surface area contributed by atoms with Gasteiger partial charge in [0.2, 0.25) is 0 Å². The van der Waals surface area contributed by atoms with Crippen LogP contribution in [0.4, 0.5) is 0 Å². The lowest BCUT2D eigenvalue weighted by molar-refractivity contribution is -0.139. The van der Waals surface area contributed by atoms with E-state index in [4.69, 9.17) is 21.1 Å². The molecule has 0 radical (unpaired) electrons. The van der Waals surface area contributed by atoms with Gasteiger partial charge in [-0.1, -0.05) is 41.6 Å². The van der Waals surface area contributed by atoms with Gasteiger partial charge in [-0.05, 0) is 36.8 Å². The van der Waals surface area contributed by atoms with Crippen LogP contribution in [0.5, 0.6) is 0 Å². The quantitative estimate of drug-likeness (QED) is 0.325. The molecule has 1 heterocycles. The molecule has 156 valence electrons. The molecule has 0 bridgehead atoms. The van der Waals surface area contributed by atoms with Gasteiger partial charge in [-0.25, -0.2) is 9.78 Å². The van der Waals surface area contributed by atoms with Crippen LogP contribution in [-0.4, -0.2) is 41.0 Å². The zero-order valence-electron chi connectivity index (χ0n) is 16.5. The molecular weight excluding hydrogens is 428 g/mol. The van der Waals surface area contributed by atoms with E-state index in [1.165, 1.54) is 37.0 Å². The number of fused-ring (bicyclic) bond motifs is 1. The third-order valence-electron chi connectivity index (χ3n) is 4.44. The first-order valence-corrected chi connectivity index (χ1v) is 10.2. The molecule has 1 atom stereocenters. The number of thioether (sulfide) groups is 1. The number of hydrogen-bond donors (Lipinski definition) is 0. The predicted molar refractivity (Wildman–Crippen MR) is 115 cm³/mol. The molecule has 1 aromatic heterocycles. The number of nitrogens with zero attached hydrogens (tertiary/aromatic N) is 2. The van der Waals surface area contributed by atoms with Crippen molar-refractivity contribution >= 4 is 46.2 Å². The van der Waals surface area contributed by atoms with Crippen molar-refractivity contribution in [3.63, 3.8) is 0 Å². The maximum absolute atomic E-state index is 13.3. The Morgan fingerprint density at radius 3 is 2.57 bits per heavy atom. The van der Waals surface area contributed by atoms with E-state index in [0.29, 0.717) is 21.1 Å². The highest BCUT2D eigenvalue weighted by Crippen LogP contribution is 2.25. The molecular formula is C21H19ClN2O5S. The zero-order chi connectivity index (χ0) is 21.8. The summed E-state index contributed by atoms with van der Waals surface area (Å²) in [6, 6.07) is 11.7. The van der Waals surface area contributed by atoms with Crippen molar-refractivity contribution in [1.29, 1.82) is 0 Å². The maximum Gasteiger partial charge on any atom is 0.337 e. The van der Waals surface area contributed by atoms with Gasteiger partial charge in [0.05, 0.1) is 37.2 Å². The van der Waals surface area contributed by atoms with Crippen molar-refractivity contribution in [1.82, 2.24) is 9.55 Å². The van der Waals surface area contributed by atoms with Crippen LogP contribution in [0.15, 0.2) is 52.4 Å². The van der Waals surface area contributed by atoms with Gasteiger partial charge < -0.3 is 9.47 Å². The Hall–Kier alpha value is -2.84. The third-order valence-corrected chi connectivity index (χ3v) is 5.88. The average molecular weight is 447 g/mol. The van der Waals surface area contributed by atoms with E-state index in [1.807, 2.05) is 12.1 Å². The molecule has 30 heavy (non-hydrogen) atoms. The predicted octanol–water partition coefficient (Wildman–Crippen LogP) is 3.54. The van der Waals surface area contributed by atoms with E-state index in [0.717, 1.165) is 17.3 Å². The van der Waals surface area contributed by atoms with Gasteiger partial charge in [-0.15, -0.1) is 0 Å². The summed E-state index contributed by atoms with van der Waals surface area (Å²) in [6.07, 6.45) is 0. The summed E-state index contributed by atoms with van der Waals surface area (Å²) in [5.41, 5.74) is 1.03. The Kier molecular flexibility index (Phi) is 6.79. The Morgan fingerprint density at radius 2 is 1.90 bits per heavy atom. The van der Waals surface area contributed by atoms with Crippen LogP contribution >= 0.6 is 23.4 Å². The van der Waals surface area contributed by atoms with E-state index in [1.54, 1.807) is 19.1 Å². The molecule has 0 spiro atoms. The molecule has 0 unspecified atom stereocenters. The lowest BCUT2D eigenvalue weighted by Gasteiger charge is -2.16. The van der Waals surface area contributed by atoms with Crippen LogP contribution < -0.4 is 5.56 Å². The molecule has 0 aliphatic carbocycles. The van der Waals surface area contributed by atoms with E-state index in [-0.39, 0.29) is 17.7 Å². The number of esters is 2. The number of halogens is 1. The van der Waals surface area contributed by atoms with Crippen molar-refractivity contribution < 1.29 is 19.1 Å². The maximum atomic E-state index is 13.3. The highest BCUT2D eigenvalue weighted by molar-refractivity contribution is 8.00. The second-order valence-electron chi connectivity index (χ2n) is 6.38. The fourth-order valence-corrected chi connectivity index (χ4v) is 3.97. The van der Waals surface area contributed by atoms with E-state index < -0.39 is 17.2 Å². The highest BCUT2D eigenvalue weighted by atomic mass is 35.5. The Morgan fingerprint density at radius 1 is 1.17 bits per heavy atom. The lowest BCUT2D eigenvalue weighted by atomic mass is 10.1. The number of rotatable bonds is 6. The Bertz CT molecular complexity index is 1180. The SMILES string of the molecule is COC(=O)c1ccc2c(=O)n(Cc3ccccc3Cl)c(S[C@@H](C)C(=O)OC)nc2c1. The number of carbonyl (C=O) groups is 2. The molecule has 3 rings (SSSR count). The van der Waals surface area contributed by atoms with Gasteiger partial charge in [0.25, 0.3) is 5.56 Å². The largest absolute Gasteiger partial charge is 0.468 e. The molecule has 0 saturated heterocycles. The molecule has 7 nitrogen and oxygen atoms in total. The summed E-state index contributed by atoms with van der Waals surface area (Å²) in [4.78, 5) is 41.6. The second kappa shape index (κ2) is 9.32. The first kappa shape index (κ1) is 21.9. The zero-order valence-corrected chi connectivity index (χ0v) is 18.1. The summed E-state index contributed by atoms with van der Waals surface area (Å²) in [5.74, 6) is -0.974. The molecule has 9 heteroatoms. The Labute approximate surface area is 182 Å². The summed E-state index contributed by atoms with van der Waals surface area (Å²) >= 11 is 7.37. The van der Waals surface area contributed by atoms with Crippen molar-refractivity contribution in [2.24, 2.45) is 0 Å². The van der Waals surface area contributed by atoms with E-state index in [2.05, 4.69) is 4.98 Å². The van der Waals surface area contributed by atoms with Crippen LogP contribution in [-0.2, 0) is 20.8 Å². The van der Waals surface area contributed by atoms with Crippen LogP contribution in [0.25, 0.3) is 10.9 Å². The Balaban J connectivity index is 2.18. The van der Waals surface area contributed by atoms with Gasteiger partial charge in [-0.2, -0.15) is 0 Å². The first-order chi connectivity index (χ1) is 14.3. The van der Waals surface area contributed by atoms with E-state index >= 15 is 0 Å². The van der Waals surface area contributed by atoms with Crippen molar-refractivity contribution in [3.8, 4) is 0 Å². The van der Waals surface area contributed by atoms with Gasteiger partial charge in [0.1, 0.15) is 5.25 Å². The van der Waals surface area contributed by atoms with Gasteiger partial charge >= 0.3 is 11.9 Å². The summed E-state index contributed by atoms with van der Waals surface area (Å²) in [5, 5.41) is 0.570. The van der Waals surface area contributed by atoms with Crippen molar-refractivity contribution in [2.75, 3.05) is 14.2 Å². The second-order valence-corrected chi connectivity index (χ2v) is 8.10. The van der Waals surface area contributed by atoms with Crippen LogP contribution in [0.1, 0.15) is 22.8 Å². The van der Waals surface area contributed by atoms with Crippen molar-refractivity contribution in [3.05, 3.63) is 69.0 Å². The van der Waals surface area contributed by atoms with Crippen LogP contribution in [0, 0.1) is 0 Å². The number of hydrogen-bond acceptors (Lipinski definition) is 7. The van der Waals surface area contributed by atoms with Crippen molar-refractivity contribution in [2.45, 2.75) is 23.9 Å². The number of methoxy groups -OCH3 is 2. The fraction of sp³-hybridized carbons (Fsp3) is 0.238. The standard InChI is InChI=1S/C21H19ClN2O5S/c1-12(19(26)28-2)30-21-23-17-10-13(20(27)29-3)8-9-15(17)18(25)24(21)11-14-6-4-5-7-16(14)22/h4-10,12H,11H2,1-3H3/t12-/m0/s1. The number of benzene rings is 2. The lowest BCUT2D eigenvalue weighted by Crippen LogP contribution is -2.26. The minimum atomic E-state index is -0.597. The smallest absolute Gasteiger partial charge is 0.337 e. The summed E-state index contributed by atoms with van der Waals surface area (Å²) < 4.78 is 11.0. The number of carbonyl (C=O) groups excluding carboxylic acids is 2. The summed E-state index contributed by atoms with van der Waals surface area (Å²) in [6.45, 7) is 1.84. The normalized spacial score (nSPS) is 11.9. The molecule has 0 saturated carbocycles. The number of ether oxygens (including phenoxy) is 2. The fourth-order valence-electron chi connectivity index (χ4n) is 2.84. The first-order valence-electron chi connectivity index (χ1n) is 8.96. The molecule has 0 aliphatic heterocycles. The molecule has 3 aromatic rings. The van der Waals surface area contributed by atoms with Gasteiger partial charge in [-0.3, -0.25) is 14.2 Å². The molecule has 0 amide bonds. The topological polar surface area (TPSA) is 87.5 Å². The molecule has 0 N–H and O–H groups in total. The minimum Gasteiger partial charge on any atom is -0.468 e. The molecule has 2 aromatic carbocycles.